The van der Waals surface area contributed by atoms with Crippen molar-refractivity contribution >= 4 is 64.1 Å². The van der Waals surface area contributed by atoms with Crippen LogP contribution in [-0.2, 0) is 0 Å². The van der Waals surface area contributed by atoms with Gasteiger partial charge in [0.2, 0.25) is 0 Å². The number of allylic oxidation sites excluding steroid dienone is 1. The number of hydrogen-bond donors (Lipinski definition) is 0. The number of para-hydroxylation sites is 2. The molecule has 356 valence electrons. The van der Waals surface area contributed by atoms with E-state index < -0.39 is 0 Å². The van der Waals surface area contributed by atoms with E-state index in [1.54, 1.807) is 0 Å². The van der Waals surface area contributed by atoms with Gasteiger partial charge in [0, 0.05) is 59.0 Å². The van der Waals surface area contributed by atoms with Crippen molar-refractivity contribution < 1.29 is 0 Å². The lowest BCUT2D eigenvalue weighted by Gasteiger charge is -2.33. The van der Waals surface area contributed by atoms with Crippen LogP contribution in [0.1, 0.15) is 113 Å². The van der Waals surface area contributed by atoms with Crippen LogP contribution < -0.4 is 14.7 Å². The molecule has 0 spiro atoms. The third kappa shape index (κ3) is 13.4. The summed E-state index contributed by atoms with van der Waals surface area (Å²) in [5, 5.41) is 10.3. The molecule has 0 aromatic heterocycles. The minimum atomic E-state index is 0.422. The van der Waals surface area contributed by atoms with Crippen LogP contribution in [0.25, 0.3) is 29.1 Å². The van der Waals surface area contributed by atoms with E-state index in [1.165, 1.54) is 62.8 Å². The molecular weight excluding hydrogens is 853 g/mol. The average Bonchev–Trinajstić information content (AvgIpc) is 3.41. The minimum Gasteiger partial charge on any atom is -0.372 e. The fourth-order valence-electron chi connectivity index (χ4n) is 9.06. The molecule has 0 bridgehead atoms. The third-order valence-electron chi connectivity index (χ3n) is 13.1. The maximum absolute atomic E-state index is 10.3. The first-order valence-corrected chi connectivity index (χ1v) is 25.7. The average molecular weight is 923 g/mol. The molecule has 0 heterocycles. The molecule has 1 aliphatic rings. The van der Waals surface area contributed by atoms with Gasteiger partial charge in [-0.25, -0.2) is 4.85 Å². The molecule has 0 saturated carbocycles. The summed E-state index contributed by atoms with van der Waals surface area (Å²) >= 11 is 0. The zero-order chi connectivity index (χ0) is 48.9. The SMILES string of the molecule is [C-]#[N+]c1cc(C=Cc2ccc(N(c3ccccc3)c3ccc(N(CCCC)CCCC)cc3)cc2)c(C#N)cc1C=Cc1ccc(N(C2=CCC(N(CCCC)CCCC)C=C2)c2ccccc2)cc1. The van der Waals surface area contributed by atoms with Crippen LogP contribution >= 0.6 is 0 Å². The first-order chi connectivity index (χ1) is 34.5. The molecule has 0 amide bonds. The number of nitrogens with zero attached hydrogens (tertiary/aromatic N) is 6. The molecule has 70 heavy (non-hydrogen) atoms. The van der Waals surface area contributed by atoms with Gasteiger partial charge in [0.05, 0.1) is 18.2 Å². The zero-order valence-corrected chi connectivity index (χ0v) is 41.9. The van der Waals surface area contributed by atoms with Crippen LogP contribution in [-0.4, -0.2) is 37.1 Å². The first-order valence-electron chi connectivity index (χ1n) is 25.7. The maximum Gasteiger partial charge on any atom is 0.194 e. The summed E-state index contributed by atoms with van der Waals surface area (Å²) in [6.07, 6.45) is 25.6. The van der Waals surface area contributed by atoms with Gasteiger partial charge >= 0.3 is 0 Å². The van der Waals surface area contributed by atoms with Crippen LogP contribution in [0.2, 0.25) is 0 Å². The highest BCUT2D eigenvalue weighted by molar-refractivity contribution is 5.84. The Labute approximate surface area is 419 Å². The van der Waals surface area contributed by atoms with Gasteiger partial charge in [-0.15, -0.1) is 0 Å². The fraction of sp³-hybridized carbons (Fsp3) is 0.281. The summed E-state index contributed by atoms with van der Waals surface area (Å²) in [6.45, 7) is 21.6. The number of anilines is 6. The van der Waals surface area contributed by atoms with Crippen LogP contribution in [0.4, 0.5) is 39.8 Å². The Morgan fingerprint density at radius 1 is 0.543 bits per heavy atom. The van der Waals surface area contributed by atoms with Crippen molar-refractivity contribution in [1.29, 1.82) is 5.26 Å². The summed E-state index contributed by atoms with van der Waals surface area (Å²) in [5.41, 5.74) is 12.3. The Morgan fingerprint density at radius 3 is 1.49 bits per heavy atom. The highest BCUT2D eigenvalue weighted by Crippen LogP contribution is 2.37. The van der Waals surface area contributed by atoms with Gasteiger partial charge in [0.15, 0.2) is 5.69 Å². The predicted octanol–water partition coefficient (Wildman–Crippen LogP) is 17.6. The number of unbranched alkanes of at least 4 members (excludes halogenated alkanes) is 4. The Bertz CT molecular complexity index is 2740. The molecule has 0 fully saturated rings. The molecule has 6 aromatic rings. The van der Waals surface area contributed by atoms with E-state index in [4.69, 9.17) is 6.57 Å². The van der Waals surface area contributed by atoms with Crippen molar-refractivity contribution in [1.82, 2.24) is 4.90 Å². The van der Waals surface area contributed by atoms with E-state index in [9.17, 15) is 5.26 Å². The molecule has 6 heteroatoms. The first kappa shape index (κ1) is 50.5. The molecule has 1 aliphatic carbocycles. The highest BCUT2D eigenvalue weighted by atomic mass is 15.2. The van der Waals surface area contributed by atoms with Crippen molar-refractivity contribution in [2.75, 3.05) is 40.9 Å². The molecule has 1 atom stereocenters. The molecule has 0 N–H and O–H groups in total. The van der Waals surface area contributed by atoms with E-state index in [0.29, 0.717) is 28.4 Å². The summed E-state index contributed by atoms with van der Waals surface area (Å²) in [5.74, 6) is 0. The van der Waals surface area contributed by atoms with Gasteiger partial charge in [-0.1, -0.05) is 150 Å². The lowest BCUT2D eigenvalue weighted by atomic mass is 10.0. The number of rotatable bonds is 24. The van der Waals surface area contributed by atoms with Crippen molar-refractivity contribution in [3.8, 4) is 6.07 Å². The minimum absolute atomic E-state index is 0.422. The van der Waals surface area contributed by atoms with Gasteiger partial charge in [0.25, 0.3) is 0 Å². The molecule has 6 aromatic carbocycles. The molecule has 0 radical (unpaired) electrons. The zero-order valence-electron chi connectivity index (χ0n) is 41.9. The summed E-state index contributed by atoms with van der Waals surface area (Å²) in [7, 11) is 0. The molecular formula is C64H70N6. The Kier molecular flexibility index (Phi) is 19.0. The van der Waals surface area contributed by atoms with Crippen molar-refractivity contribution in [2.24, 2.45) is 0 Å². The molecule has 1 unspecified atom stereocenters. The lowest BCUT2D eigenvalue weighted by molar-refractivity contribution is 0.221. The molecule has 7 rings (SSSR count). The third-order valence-corrected chi connectivity index (χ3v) is 13.1. The normalized spacial score (nSPS) is 13.4. The smallest absolute Gasteiger partial charge is 0.194 e. The second-order valence-corrected chi connectivity index (χ2v) is 18.2. The Hall–Kier alpha value is -7.38. The fourth-order valence-corrected chi connectivity index (χ4v) is 9.06. The Balaban J connectivity index is 1.06. The topological polar surface area (TPSA) is 41.1 Å². The molecule has 0 saturated heterocycles. The van der Waals surface area contributed by atoms with Crippen LogP contribution in [0.15, 0.2) is 170 Å². The Morgan fingerprint density at radius 2 is 1.00 bits per heavy atom. The number of hydrogen-bond acceptors (Lipinski definition) is 5. The van der Waals surface area contributed by atoms with Crippen LogP contribution in [0, 0.1) is 17.9 Å². The van der Waals surface area contributed by atoms with Crippen molar-refractivity contribution in [3.05, 3.63) is 209 Å². The van der Waals surface area contributed by atoms with Gasteiger partial charge in [-0.05, 0) is 158 Å². The predicted molar refractivity (Wildman–Crippen MR) is 300 cm³/mol. The molecule has 0 aliphatic heterocycles. The van der Waals surface area contributed by atoms with E-state index in [1.807, 2.05) is 42.5 Å². The van der Waals surface area contributed by atoms with Gasteiger partial charge in [-0.3, -0.25) is 4.90 Å². The standard InChI is InChI=1S/C64H70N6/c1-6-10-44-67(45-11-7-2)56-36-40-62(41-37-56)69(58-20-16-14-17-21-58)60-32-26-51(27-33-60)24-30-53-49-64(66-5)54(48-55(53)50-65)31-25-52-28-34-61(35-29-52)70(59-22-18-15-19-23-59)63-42-38-57(39-43-63)68(46-12-8-3)47-13-9-4/h14-38,40-43,48-49,57H,6-13,39,44-47H2,1-4H3. The van der Waals surface area contributed by atoms with Gasteiger partial charge in [-0.2, -0.15) is 5.26 Å². The van der Waals surface area contributed by atoms with Gasteiger partial charge in [0.1, 0.15) is 0 Å². The van der Waals surface area contributed by atoms with E-state index in [0.717, 1.165) is 72.2 Å². The summed E-state index contributed by atoms with van der Waals surface area (Å²) in [6, 6.07) is 53.5. The van der Waals surface area contributed by atoms with E-state index in [2.05, 4.69) is 204 Å². The number of nitriles is 1. The summed E-state index contributed by atoms with van der Waals surface area (Å²) < 4.78 is 0. The van der Waals surface area contributed by atoms with E-state index >= 15 is 0 Å². The second kappa shape index (κ2) is 26.4. The maximum atomic E-state index is 10.3. The monoisotopic (exact) mass is 923 g/mol. The largest absolute Gasteiger partial charge is 0.372 e. The molecule has 6 nitrogen and oxygen atoms in total. The van der Waals surface area contributed by atoms with Crippen LogP contribution in [0.3, 0.4) is 0 Å². The van der Waals surface area contributed by atoms with Crippen LogP contribution in [0.5, 0.6) is 0 Å². The van der Waals surface area contributed by atoms with Gasteiger partial charge < -0.3 is 14.7 Å². The summed E-state index contributed by atoms with van der Waals surface area (Å²) in [4.78, 5) is 13.7. The number of benzene rings is 6. The quantitative estimate of drug-likeness (QED) is 0.0447. The highest BCUT2D eigenvalue weighted by Gasteiger charge is 2.21. The van der Waals surface area contributed by atoms with E-state index in [-0.39, 0.29) is 0 Å². The second-order valence-electron chi connectivity index (χ2n) is 18.2. The van der Waals surface area contributed by atoms with Crippen molar-refractivity contribution in [3.63, 3.8) is 0 Å². The lowest BCUT2D eigenvalue weighted by Crippen LogP contribution is -2.36. The van der Waals surface area contributed by atoms with Crippen molar-refractivity contribution in [2.45, 2.75) is 91.5 Å².